The molecule has 1 N–H and O–H groups in total. The summed E-state index contributed by atoms with van der Waals surface area (Å²) >= 11 is 0. The van der Waals surface area contributed by atoms with E-state index in [0.717, 1.165) is 18.4 Å². The lowest BCUT2D eigenvalue weighted by molar-refractivity contribution is 0.563. The first-order chi connectivity index (χ1) is 7.80. The van der Waals surface area contributed by atoms with Crippen LogP contribution in [0.15, 0.2) is 24.3 Å². The van der Waals surface area contributed by atoms with Crippen molar-refractivity contribution < 1.29 is 0 Å². The molecule has 0 aromatic heterocycles. The van der Waals surface area contributed by atoms with Crippen molar-refractivity contribution in [2.24, 2.45) is 0 Å². The van der Waals surface area contributed by atoms with E-state index in [0.29, 0.717) is 12.1 Å². The number of nitriles is 1. The standard InChI is InChI=1S/C14H16N2/c1-3-6-14(4-2)16-11-13-8-5-7-12(9-13)10-15/h2,5,7-9,14,16H,3,6,11H2,1H3. The van der Waals surface area contributed by atoms with E-state index in [9.17, 15) is 0 Å². The zero-order chi connectivity index (χ0) is 11.8. The van der Waals surface area contributed by atoms with E-state index in [-0.39, 0.29) is 6.04 Å². The molecular formula is C14H16N2. The van der Waals surface area contributed by atoms with Gasteiger partial charge in [-0.05, 0) is 24.1 Å². The van der Waals surface area contributed by atoms with Crippen LogP contribution in [0.5, 0.6) is 0 Å². The molecule has 0 radical (unpaired) electrons. The molecule has 0 aliphatic carbocycles. The van der Waals surface area contributed by atoms with Gasteiger partial charge in [0, 0.05) is 6.54 Å². The van der Waals surface area contributed by atoms with Crippen molar-refractivity contribution in [3.05, 3.63) is 35.4 Å². The van der Waals surface area contributed by atoms with Crippen molar-refractivity contribution in [2.75, 3.05) is 0 Å². The first kappa shape index (κ1) is 12.3. The van der Waals surface area contributed by atoms with Gasteiger partial charge in [-0.15, -0.1) is 6.42 Å². The maximum Gasteiger partial charge on any atom is 0.0991 e. The topological polar surface area (TPSA) is 35.8 Å². The molecule has 2 heteroatoms. The number of rotatable bonds is 5. The van der Waals surface area contributed by atoms with Crippen LogP contribution in [0.2, 0.25) is 0 Å². The van der Waals surface area contributed by atoms with Crippen LogP contribution in [0.1, 0.15) is 30.9 Å². The van der Waals surface area contributed by atoms with Gasteiger partial charge in [-0.1, -0.05) is 31.4 Å². The van der Waals surface area contributed by atoms with Crippen LogP contribution < -0.4 is 5.32 Å². The van der Waals surface area contributed by atoms with E-state index in [2.05, 4.69) is 24.2 Å². The van der Waals surface area contributed by atoms with E-state index in [4.69, 9.17) is 11.7 Å². The van der Waals surface area contributed by atoms with E-state index >= 15 is 0 Å². The molecule has 0 aliphatic heterocycles. The smallest absolute Gasteiger partial charge is 0.0991 e. The van der Waals surface area contributed by atoms with Crippen molar-refractivity contribution in [3.63, 3.8) is 0 Å². The maximum absolute atomic E-state index is 8.77. The van der Waals surface area contributed by atoms with Crippen LogP contribution in [0.25, 0.3) is 0 Å². The highest BCUT2D eigenvalue weighted by Gasteiger charge is 2.02. The van der Waals surface area contributed by atoms with Gasteiger partial charge in [-0.25, -0.2) is 0 Å². The highest BCUT2D eigenvalue weighted by Crippen LogP contribution is 2.05. The number of terminal acetylenes is 1. The fourth-order valence-electron chi connectivity index (χ4n) is 1.52. The van der Waals surface area contributed by atoms with Crippen molar-refractivity contribution >= 4 is 0 Å². The summed E-state index contributed by atoms with van der Waals surface area (Å²) in [7, 11) is 0. The highest BCUT2D eigenvalue weighted by molar-refractivity contribution is 5.32. The predicted molar refractivity (Wildman–Crippen MR) is 65.5 cm³/mol. The Morgan fingerprint density at radius 3 is 2.94 bits per heavy atom. The second-order valence-electron chi connectivity index (χ2n) is 3.70. The minimum absolute atomic E-state index is 0.121. The summed E-state index contributed by atoms with van der Waals surface area (Å²) in [5.74, 6) is 2.73. The molecule has 0 saturated heterocycles. The van der Waals surface area contributed by atoms with Crippen LogP contribution in [0.3, 0.4) is 0 Å². The third-order valence-electron chi connectivity index (χ3n) is 2.39. The molecule has 0 amide bonds. The molecule has 1 rings (SSSR count). The minimum atomic E-state index is 0.121. The van der Waals surface area contributed by atoms with Crippen molar-refractivity contribution in [1.82, 2.24) is 5.32 Å². The third-order valence-corrected chi connectivity index (χ3v) is 2.39. The van der Waals surface area contributed by atoms with Gasteiger partial charge < -0.3 is 0 Å². The van der Waals surface area contributed by atoms with E-state index in [1.165, 1.54) is 0 Å². The Morgan fingerprint density at radius 1 is 1.50 bits per heavy atom. The number of nitrogens with zero attached hydrogens (tertiary/aromatic N) is 1. The monoisotopic (exact) mass is 212 g/mol. The lowest BCUT2D eigenvalue weighted by atomic mass is 10.1. The number of benzene rings is 1. The summed E-state index contributed by atoms with van der Waals surface area (Å²) in [5, 5.41) is 12.1. The van der Waals surface area contributed by atoms with E-state index < -0.39 is 0 Å². The minimum Gasteiger partial charge on any atom is -0.300 e. The molecule has 16 heavy (non-hydrogen) atoms. The summed E-state index contributed by atoms with van der Waals surface area (Å²) < 4.78 is 0. The lowest BCUT2D eigenvalue weighted by Crippen LogP contribution is -2.26. The Hall–Kier alpha value is -1.77. The molecule has 0 heterocycles. The largest absolute Gasteiger partial charge is 0.300 e. The maximum atomic E-state index is 8.77. The Labute approximate surface area is 97.3 Å². The van der Waals surface area contributed by atoms with Crippen LogP contribution in [-0.2, 0) is 6.54 Å². The molecule has 0 spiro atoms. The summed E-state index contributed by atoms with van der Waals surface area (Å²) in [6.45, 7) is 2.83. The average molecular weight is 212 g/mol. The Morgan fingerprint density at radius 2 is 2.31 bits per heavy atom. The molecule has 1 atom stereocenters. The van der Waals surface area contributed by atoms with Gasteiger partial charge in [0.2, 0.25) is 0 Å². The number of hydrogen-bond acceptors (Lipinski definition) is 2. The normalized spacial score (nSPS) is 11.4. The predicted octanol–water partition coefficient (Wildman–Crippen LogP) is 2.45. The van der Waals surface area contributed by atoms with Crippen LogP contribution >= 0.6 is 0 Å². The molecular weight excluding hydrogens is 196 g/mol. The third kappa shape index (κ3) is 3.77. The van der Waals surface area contributed by atoms with Gasteiger partial charge in [0.1, 0.15) is 0 Å². The van der Waals surface area contributed by atoms with Crippen LogP contribution in [0, 0.1) is 23.7 Å². The summed E-state index contributed by atoms with van der Waals surface area (Å²) in [6.07, 6.45) is 7.46. The summed E-state index contributed by atoms with van der Waals surface area (Å²) in [4.78, 5) is 0. The molecule has 82 valence electrons. The summed E-state index contributed by atoms with van der Waals surface area (Å²) in [5.41, 5.74) is 1.78. The summed E-state index contributed by atoms with van der Waals surface area (Å²) in [6, 6.07) is 9.81. The molecule has 0 aliphatic rings. The van der Waals surface area contributed by atoms with Gasteiger partial charge >= 0.3 is 0 Å². The fourth-order valence-corrected chi connectivity index (χ4v) is 1.52. The van der Waals surface area contributed by atoms with E-state index in [1.54, 1.807) is 6.07 Å². The molecule has 0 fully saturated rings. The Bertz CT molecular complexity index is 409. The fraction of sp³-hybridized carbons (Fsp3) is 0.357. The van der Waals surface area contributed by atoms with Gasteiger partial charge in [0.05, 0.1) is 17.7 Å². The highest BCUT2D eigenvalue weighted by atomic mass is 14.9. The second kappa shape index (κ2) is 6.67. The number of hydrogen-bond donors (Lipinski definition) is 1. The van der Waals surface area contributed by atoms with Gasteiger partial charge in [0.15, 0.2) is 0 Å². The zero-order valence-electron chi connectivity index (χ0n) is 9.53. The molecule has 1 aromatic rings. The van der Waals surface area contributed by atoms with Crippen molar-refractivity contribution in [3.8, 4) is 18.4 Å². The Balaban J connectivity index is 2.54. The van der Waals surface area contributed by atoms with E-state index in [1.807, 2.05) is 18.2 Å². The van der Waals surface area contributed by atoms with Crippen molar-refractivity contribution in [2.45, 2.75) is 32.4 Å². The molecule has 0 bridgehead atoms. The molecule has 1 aromatic carbocycles. The number of nitrogens with one attached hydrogen (secondary N) is 1. The van der Waals surface area contributed by atoms with Gasteiger partial charge in [0.25, 0.3) is 0 Å². The lowest BCUT2D eigenvalue weighted by Gasteiger charge is -2.11. The van der Waals surface area contributed by atoms with Crippen molar-refractivity contribution in [1.29, 1.82) is 5.26 Å². The van der Waals surface area contributed by atoms with Crippen LogP contribution in [-0.4, -0.2) is 6.04 Å². The average Bonchev–Trinajstić information content (AvgIpc) is 2.34. The molecule has 0 saturated carbocycles. The zero-order valence-corrected chi connectivity index (χ0v) is 9.53. The van der Waals surface area contributed by atoms with Gasteiger partial charge in [-0.2, -0.15) is 5.26 Å². The van der Waals surface area contributed by atoms with Crippen LogP contribution in [0.4, 0.5) is 0 Å². The molecule has 2 nitrogen and oxygen atoms in total. The second-order valence-corrected chi connectivity index (χ2v) is 3.70. The quantitative estimate of drug-likeness (QED) is 0.761. The SMILES string of the molecule is C#CC(CCC)NCc1cccc(C#N)c1. The first-order valence-corrected chi connectivity index (χ1v) is 5.48. The molecule has 1 unspecified atom stereocenters. The Kier molecular flexibility index (Phi) is 5.12. The van der Waals surface area contributed by atoms with Gasteiger partial charge in [-0.3, -0.25) is 5.32 Å². The first-order valence-electron chi connectivity index (χ1n) is 5.48.